The first-order chi connectivity index (χ1) is 11.0. The number of hydroxylamine groups is 2. The van der Waals surface area contributed by atoms with Gasteiger partial charge in [-0.05, 0) is 0 Å². The molecule has 1 spiro atoms. The number of hydrogen-bond donors (Lipinski definition) is 8. The normalized spacial score (nSPS) is 37.8. The molecule has 0 aromatic heterocycles. The van der Waals surface area contributed by atoms with Crippen molar-refractivity contribution in [2.75, 3.05) is 13.2 Å². The molecular weight excluding hydrogens is 352 g/mol. The number of aliphatic imine (C=N–C) groups is 1. The van der Waals surface area contributed by atoms with E-state index in [1.54, 1.807) is 0 Å². The average Bonchev–Trinajstić information content (AvgIpc) is 2.89. The minimum Gasteiger partial charge on any atom is -0.394 e. The van der Waals surface area contributed by atoms with E-state index in [9.17, 15) is 28.9 Å². The maximum atomic E-state index is 11.0. The molecule has 4 atom stereocenters. The molecule has 0 aliphatic carbocycles. The fraction of sp³-hybridized carbons (Fsp3) is 0.778. The molecule has 15 heteroatoms. The van der Waals surface area contributed by atoms with E-state index in [1.165, 1.54) is 0 Å². The van der Waals surface area contributed by atoms with Crippen molar-refractivity contribution < 1.29 is 37.7 Å². The lowest BCUT2D eigenvalue weighted by molar-refractivity contribution is -0.265. The van der Waals surface area contributed by atoms with E-state index in [2.05, 4.69) is 14.5 Å². The Morgan fingerprint density at radius 2 is 2.12 bits per heavy atom. The summed E-state index contributed by atoms with van der Waals surface area (Å²) in [7, 11) is -5.06. The van der Waals surface area contributed by atoms with Gasteiger partial charge in [-0.25, -0.2) is 14.2 Å². The molecule has 0 unspecified atom stereocenters. The smallest absolute Gasteiger partial charge is 0.394 e. The van der Waals surface area contributed by atoms with Crippen molar-refractivity contribution >= 4 is 22.3 Å². The fourth-order valence-electron chi connectivity index (χ4n) is 3.42. The molecule has 14 nitrogen and oxygen atoms in total. The van der Waals surface area contributed by atoms with Gasteiger partial charge >= 0.3 is 10.4 Å². The van der Waals surface area contributed by atoms with Crippen LogP contribution in [-0.4, -0.2) is 98.2 Å². The van der Waals surface area contributed by atoms with Crippen molar-refractivity contribution in [1.82, 2.24) is 15.3 Å². The monoisotopic (exact) mass is 368 g/mol. The molecule has 0 bridgehead atoms. The highest BCUT2D eigenvalue weighted by Crippen LogP contribution is 2.46. The SMILES string of the molecule is N=C1N(O)[C@@H](CO)[C@@H]2N=C(N)N[C@]23N1C[C@H](OS(=O)(=O)O)C3(O)O. The summed E-state index contributed by atoms with van der Waals surface area (Å²) in [5, 5.41) is 51.3. The first-order valence-corrected chi connectivity index (χ1v) is 7.99. The van der Waals surface area contributed by atoms with Gasteiger partial charge < -0.3 is 31.3 Å². The lowest BCUT2D eigenvalue weighted by atomic mass is 9.85. The Morgan fingerprint density at radius 1 is 1.50 bits per heavy atom. The molecule has 3 aliphatic heterocycles. The molecule has 2 fully saturated rings. The molecule has 9 N–H and O–H groups in total. The molecule has 136 valence electrons. The van der Waals surface area contributed by atoms with Gasteiger partial charge in [-0.15, -0.1) is 0 Å². The lowest BCUT2D eigenvalue weighted by Crippen LogP contribution is -2.80. The van der Waals surface area contributed by atoms with Crippen LogP contribution in [0.25, 0.3) is 0 Å². The second-order valence-electron chi connectivity index (χ2n) is 5.62. The van der Waals surface area contributed by atoms with Crippen LogP contribution < -0.4 is 11.1 Å². The van der Waals surface area contributed by atoms with Crippen LogP contribution in [0.5, 0.6) is 0 Å². The molecule has 3 heterocycles. The highest BCUT2D eigenvalue weighted by molar-refractivity contribution is 7.80. The van der Waals surface area contributed by atoms with Gasteiger partial charge in [0.15, 0.2) is 17.7 Å². The Balaban J connectivity index is 2.13. The third-order valence-electron chi connectivity index (χ3n) is 4.39. The second kappa shape index (κ2) is 4.88. The standard InChI is InChI=1S/C9H16N6O8S/c10-6-12-5-3(2-16)15(19)7(11)14-1-4(23-24(20,21)22)9(17,18)8(5,14)13-6/h3-5,11,16-19H,1-2H2,(H3,10,12,13)(H,20,21,22)/t3-,4-,5-,8-/m0/s1. The molecule has 0 amide bonds. The van der Waals surface area contributed by atoms with Crippen LogP contribution in [0.2, 0.25) is 0 Å². The van der Waals surface area contributed by atoms with Gasteiger partial charge in [0, 0.05) is 0 Å². The van der Waals surface area contributed by atoms with Crippen LogP contribution in [0.1, 0.15) is 0 Å². The maximum Gasteiger partial charge on any atom is 0.397 e. The predicted octanol–water partition coefficient (Wildman–Crippen LogP) is -4.85. The second-order valence-corrected chi connectivity index (χ2v) is 6.67. The van der Waals surface area contributed by atoms with Gasteiger partial charge in [-0.2, -0.15) is 8.42 Å². The number of nitrogens with one attached hydrogen (secondary N) is 2. The maximum absolute atomic E-state index is 11.0. The fourth-order valence-corrected chi connectivity index (χ4v) is 3.91. The highest BCUT2D eigenvalue weighted by atomic mass is 32.3. The number of nitrogens with zero attached hydrogens (tertiary/aromatic N) is 3. The third-order valence-corrected chi connectivity index (χ3v) is 4.86. The molecule has 0 aromatic rings. The summed E-state index contributed by atoms with van der Waals surface area (Å²) in [6, 6.07) is -2.57. The zero-order chi connectivity index (χ0) is 18.1. The van der Waals surface area contributed by atoms with Gasteiger partial charge in [0.1, 0.15) is 12.1 Å². The summed E-state index contributed by atoms with van der Waals surface area (Å²) in [4.78, 5) is 4.78. The summed E-state index contributed by atoms with van der Waals surface area (Å²) < 4.78 is 35.1. The van der Waals surface area contributed by atoms with E-state index >= 15 is 0 Å². The Bertz CT molecular complexity index is 711. The van der Waals surface area contributed by atoms with Gasteiger partial charge in [-0.1, -0.05) is 0 Å². The van der Waals surface area contributed by atoms with E-state index in [4.69, 9.17) is 15.7 Å². The van der Waals surface area contributed by atoms with Crippen LogP contribution in [0.4, 0.5) is 0 Å². The molecule has 0 saturated carbocycles. The molecule has 0 radical (unpaired) electrons. The van der Waals surface area contributed by atoms with Crippen molar-refractivity contribution in [2.24, 2.45) is 10.7 Å². The van der Waals surface area contributed by atoms with Gasteiger partial charge in [0.2, 0.25) is 11.7 Å². The Labute approximate surface area is 135 Å². The minimum atomic E-state index is -5.06. The van der Waals surface area contributed by atoms with Gasteiger partial charge in [-0.3, -0.25) is 15.2 Å². The van der Waals surface area contributed by atoms with E-state index in [1.807, 2.05) is 0 Å². The zero-order valence-corrected chi connectivity index (χ0v) is 12.8. The highest BCUT2D eigenvalue weighted by Gasteiger charge is 2.75. The largest absolute Gasteiger partial charge is 0.397 e. The third kappa shape index (κ3) is 2.00. The van der Waals surface area contributed by atoms with Crippen LogP contribution in [0.15, 0.2) is 4.99 Å². The van der Waals surface area contributed by atoms with Crippen LogP contribution in [0.3, 0.4) is 0 Å². The summed E-state index contributed by atoms with van der Waals surface area (Å²) in [6.07, 6.45) is -1.94. The molecular formula is C9H16N6O8S. The van der Waals surface area contributed by atoms with Crippen LogP contribution in [0, 0.1) is 5.41 Å². The molecule has 3 aliphatic rings. The number of aliphatic hydroxyl groups excluding tert-OH is 1. The number of hydrogen-bond acceptors (Lipinski definition) is 11. The Kier molecular flexibility index (Phi) is 3.48. The number of rotatable bonds is 3. The lowest BCUT2D eigenvalue weighted by Gasteiger charge is -2.52. The summed E-state index contributed by atoms with van der Waals surface area (Å²) >= 11 is 0. The Morgan fingerprint density at radius 3 is 2.67 bits per heavy atom. The predicted molar refractivity (Wildman–Crippen MR) is 73.8 cm³/mol. The number of nitrogens with two attached hydrogens (primary N) is 1. The zero-order valence-electron chi connectivity index (χ0n) is 11.9. The molecule has 2 saturated heterocycles. The minimum absolute atomic E-state index is 0.286. The van der Waals surface area contributed by atoms with E-state index in [-0.39, 0.29) is 5.96 Å². The number of aliphatic hydroxyl groups is 3. The Hall–Kier alpha value is -1.75. The van der Waals surface area contributed by atoms with Crippen molar-refractivity contribution in [3.63, 3.8) is 0 Å². The topological polar surface area (TPSA) is 225 Å². The van der Waals surface area contributed by atoms with Crippen molar-refractivity contribution in [3.05, 3.63) is 0 Å². The van der Waals surface area contributed by atoms with Crippen molar-refractivity contribution in [3.8, 4) is 0 Å². The van der Waals surface area contributed by atoms with E-state index in [0.29, 0.717) is 5.06 Å². The van der Waals surface area contributed by atoms with Gasteiger partial charge in [0.05, 0.1) is 13.2 Å². The first kappa shape index (κ1) is 17.1. The van der Waals surface area contributed by atoms with Crippen LogP contribution >= 0.6 is 0 Å². The summed E-state index contributed by atoms with van der Waals surface area (Å²) in [6.45, 7) is -1.34. The molecule has 3 rings (SSSR count). The summed E-state index contributed by atoms with van der Waals surface area (Å²) in [5.74, 6) is -3.98. The average molecular weight is 368 g/mol. The van der Waals surface area contributed by atoms with E-state index < -0.39 is 59.1 Å². The van der Waals surface area contributed by atoms with Crippen molar-refractivity contribution in [2.45, 2.75) is 29.6 Å². The van der Waals surface area contributed by atoms with Gasteiger partial charge in [0.25, 0.3) is 0 Å². The van der Waals surface area contributed by atoms with E-state index in [0.717, 1.165) is 4.90 Å². The first-order valence-electron chi connectivity index (χ1n) is 6.62. The van der Waals surface area contributed by atoms with Crippen molar-refractivity contribution in [1.29, 1.82) is 5.41 Å². The molecule has 0 aromatic carbocycles. The quantitative estimate of drug-likeness (QED) is 0.173. The summed E-state index contributed by atoms with van der Waals surface area (Å²) in [5.41, 5.74) is 3.49. The number of guanidine groups is 2. The molecule has 24 heavy (non-hydrogen) atoms. The van der Waals surface area contributed by atoms with Crippen LogP contribution in [-0.2, 0) is 14.6 Å².